The van der Waals surface area contributed by atoms with Gasteiger partial charge in [0, 0.05) is 17.0 Å². The lowest BCUT2D eigenvalue weighted by molar-refractivity contribution is -0.385. The smallest absolute Gasteiger partial charge is 0.275 e. The first kappa shape index (κ1) is 16.0. The number of hydrogen-bond acceptors (Lipinski definition) is 4. The summed E-state index contributed by atoms with van der Waals surface area (Å²) in [5, 5.41) is 15.7. The van der Waals surface area contributed by atoms with Crippen molar-refractivity contribution in [2.75, 3.05) is 12.4 Å². The van der Waals surface area contributed by atoms with Crippen LogP contribution in [0.25, 0.3) is 0 Å². The van der Waals surface area contributed by atoms with Crippen LogP contribution in [0.4, 0.5) is 11.4 Å². The van der Waals surface area contributed by atoms with Gasteiger partial charge in [0.25, 0.3) is 5.69 Å². The molecule has 2 aromatic carbocycles. The number of methoxy groups -OCH3 is 1. The number of halogens is 1. The number of hydrogen-bond donors (Lipinski definition) is 1. The van der Waals surface area contributed by atoms with Crippen molar-refractivity contribution in [2.24, 2.45) is 5.92 Å². The molecule has 0 amide bonds. The number of nitrogens with one attached hydrogen (secondary N) is 1. The van der Waals surface area contributed by atoms with Gasteiger partial charge in [0.05, 0.1) is 29.3 Å². The zero-order valence-corrected chi connectivity index (χ0v) is 14.4. The van der Waals surface area contributed by atoms with Gasteiger partial charge in [-0.15, -0.1) is 0 Å². The summed E-state index contributed by atoms with van der Waals surface area (Å²) >= 11 is 6.18. The van der Waals surface area contributed by atoms with Crippen LogP contribution in [0.3, 0.4) is 0 Å². The fourth-order valence-electron chi connectivity index (χ4n) is 4.02. The predicted octanol–water partition coefficient (Wildman–Crippen LogP) is 5.08. The van der Waals surface area contributed by atoms with E-state index in [2.05, 4.69) is 17.5 Å². The molecule has 128 valence electrons. The fourth-order valence-corrected chi connectivity index (χ4v) is 4.22. The fraction of sp³-hybridized carbons (Fsp3) is 0.263. The summed E-state index contributed by atoms with van der Waals surface area (Å²) in [6.07, 6.45) is 5.05. The lowest BCUT2D eigenvalue weighted by atomic mass is 9.76. The number of nitro groups is 1. The lowest BCUT2D eigenvalue weighted by Crippen LogP contribution is -2.30. The summed E-state index contributed by atoms with van der Waals surface area (Å²) in [5.41, 5.74) is 2.62. The minimum atomic E-state index is -0.317. The third-order valence-electron chi connectivity index (χ3n) is 5.08. The topological polar surface area (TPSA) is 64.4 Å². The Kier molecular flexibility index (Phi) is 3.88. The predicted molar refractivity (Wildman–Crippen MR) is 97.5 cm³/mol. The van der Waals surface area contributed by atoms with E-state index in [0.717, 1.165) is 12.0 Å². The first-order chi connectivity index (χ1) is 12.1. The normalized spacial score (nSPS) is 23.5. The zero-order chi connectivity index (χ0) is 17.6. The van der Waals surface area contributed by atoms with Gasteiger partial charge in [-0.05, 0) is 36.1 Å². The Hall–Kier alpha value is -2.53. The maximum absolute atomic E-state index is 11.6. The molecule has 1 N–H and O–H groups in total. The zero-order valence-electron chi connectivity index (χ0n) is 13.6. The molecular weight excluding hydrogens is 340 g/mol. The molecule has 1 aliphatic heterocycles. The van der Waals surface area contributed by atoms with E-state index < -0.39 is 0 Å². The second-order valence-corrected chi connectivity index (χ2v) is 6.80. The number of nitrogens with zero attached hydrogens (tertiary/aromatic N) is 1. The van der Waals surface area contributed by atoms with Crippen LogP contribution in [-0.4, -0.2) is 12.0 Å². The molecule has 2 aliphatic rings. The Morgan fingerprint density at radius 2 is 2.16 bits per heavy atom. The van der Waals surface area contributed by atoms with Crippen molar-refractivity contribution >= 4 is 23.0 Å². The SMILES string of the molecule is COc1ccc([N+](=O)[O-])c2c1N[C@H](c1cccc(Cl)c1)[C@H]1CC=C[C@H]21. The molecule has 3 atom stereocenters. The Morgan fingerprint density at radius 3 is 2.88 bits per heavy atom. The number of fused-ring (bicyclic) bond motifs is 3. The van der Waals surface area contributed by atoms with E-state index in [4.69, 9.17) is 16.3 Å². The van der Waals surface area contributed by atoms with Crippen molar-refractivity contribution < 1.29 is 9.66 Å². The molecule has 0 bridgehead atoms. The first-order valence-electron chi connectivity index (χ1n) is 8.14. The van der Waals surface area contributed by atoms with Crippen LogP contribution < -0.4 is 10.1 Å². The third-order valence-corrected chi connectivity index (χ3v) is 5.32. The van der Waals surface area contributed by atoms with Gasteiger partial charge in [-0.3, -0.25) is 10.1 Å². The minimum Gasteiger partial charge on any atom is -0.495 e. The van der Waals surface area contributed by atoms with E-state index in [9.17, 15) is 10.1 Å². The number of anilines is 1. The summed E-state index contributed by atoms with van der Waals surface area (Å²) in [6, 6.07) is 11.0. The van der Waals surface area contributed by atoms with Crippen LogP contribution in [0.1, 0.15) is 29.5 Å². The molecule has 0 saturated carbocycles. The summed E-state index contributed by atoms with van der Waals surface area (Å²) in [5.74, 6) is 0.805. The molecule has 2 aromatic rings. The van der Waals surface area contributed by atoms with E-state index in [0.29, 0.717) is 22.0 Å². The van der Waals surface area contributed by atoms with Crippen LogP contribution in [0.5, 0.6) is 5.75 Å². The molecule has 5 nitrogen and oxygen atoms in total. The van der Waals surface area contributed by atoms with E-state index in [1.54, 1.807) is 13.2 Å². The average Bonchev–Trinajstić information content (AvgIpc) is 3.09. The summed E-state index contributed by atoms with van der Waals surface area (Å²) in [6.45, 7) is 0. The summed E-state index contributed by atoms with van der Waals surface area (Å²) in [7, 11) is 1.58. The monoisotopic (exact) mass is 356 g/mol. The molecule has 1 aliphatic carbocycles. The van der Waals surface area contributed by atoms with Gasteiger partial charge in [-0.1, -0.05) is 35.9 Å². The Balaban J connectivity index is 1.89. The maximum atomic E-state index is 11.6. The maximum Gasteiger partial charge on any atom is 0.275 e. The van der Waals surface area contributed by atoms with Crippen molar-refractivity contribution in [2.45, 2.75) is 18.4 Å². The van der Waals surface area contributed by atoms with E-state index in [1.165, 1.54) is 6.07 Å². The van der Waals surface area contributed by atoms with Gasteiger partial charge in [0.15, 0.2) is 0 Å². The molecular formula is C19H17ClN2O3. The van der Waals surface area contributed by atoms with Gasteiger partial charge in [0.1, 0.15) is 5.75 Å². The molecule has 0 spiro atoms. The van der Waals surface area contributed by atoms with Crippen molar-refractivity contribution in [1.29, 1.82) is 0 Å². The van der Waals surface area contributed by atoms with Crippen LogP contribution in [0.2, 0.25) is 5.02 Å². The van der Waals surface area contributed by atoms with Gasteiger partial charge in [0.2, 0.25) is 0 Å². The highest BCUT2D eigenvalue weighted by molar-refractivity contribution is 6.30. The Bertz CT molecular complexity index is 881. The molecule has 0 saturated heterocycles. The quantitative estimate of drug-likeness (QED) is 0.473. The van der Waals surface area contributed by atoms with Crippen molar-refractivity contribution in [1.82, 2.24) is 0 Å². The van der Waals surface area contributed by atoms with E-state index in [-0.39, 0.29) is 28.5 Å². The molecule has 0 fully saturated rings. The lowest BCUT2D eigenvalue weighted by Gasteiger charge is -2.37. The standard InChI is InChI=1S/C19H17ClN2O3/c1-25-16-9-8-15(22(23)24)17-13-6-3-7-14(13)18(21-19(16)17)11-4-2-5-12(20)10-11/h2-6,8-10,13-14,18,21H,7H2,1H3/t13-,14-,18+/m0/s1. The molecule has 25 heavy (non-hydrogen) atoms. The highest BCUT2D eigenvalue weighted by atomic mass is 35.5. The van der Waals surface area contributed by atoms with Crippen LogP contribution in [-0.2, 0) is 0 Å². The van der Waals surface area contributed by atoms with Crippen LogP contribution in [0.15, 0.2) is 48.6 Å². The van der Waals surface area contributed by atoms with E-state index >= 15 is 0 Å². The third kappa shape index (κ3) is 2.55. The minimum absolute atomic E-state index is 0.0158. The van der Waals surface area contributed by atoms with Gasteiger partial charge in [-0.25, -0.2) is 0 Å². The largest absolute Gasteiger partial charge is 0.495 e. The van der Waals surface area contributed by atoms with Gasteiger partial charge in [-0.2, -0.15) is 0 Å². The van der Waals surface area contributed by atoms with Crippen LogP contribution in [0, 0.1) is 16.0 Å². The van der Waals surface area contributed by atoms with E-state index in [1.807, 2.05) is 24.3 Å². The van der Waals surface area contributed by atoms with Crippen LogP contribution >= 0.6 is 11.6 Å². The molecule has 4 rings (SSSR count). The molecule has 1 heterocycles. The van der Waals surface area contributed by atoms with Crippen molar-refractivity contribution in [3.05, 3.63) is 74.8 Å². The number of ether oxygens (including phenoxy) is 1. The first-order valence-corrected chi connectivity index (χ1v) is 8.52. The highest BCUT2D eigenvalue weighted by Gasteiger charge is 2.42. The number of nitro benzene ring substituents is 1. The number of allylic oxidation sites excluding steroid dienone is 2. The molecule has 6 heteroatoms. The number of benzene rings is 2. The highest BCUT2D eigenvalue weighted by Crippen LogP contribution is 2.54. The van der Waals surface area contributed by atoms with Gasteiger partial charge >= 0.3 is 0 Å². The summed E-state index contributed by atoms with van der Waals surface area (Å²) < 4.78 is 5.47. The summed E-state index contributed by atoms with van der Waals surface area (Å²) in [4.78, 5) is 11.2. The van der Waals surface area contributed by atoms with Gasteiger partial charge < -0.3 is 10.1 Å². The average molecular weight is 357 g/mol. The molecule has 0 unspecified atom stereocenters. The Labute approximate surface area is 150 Å². The number of rotatable bonds is 3. The molecule has 0 radical (unpaired) electrons. The second kappa shape index (κ2) is 6.08. The molecule has 0 aromatic heterocycles. The Morgan fingerprint density at radius 1 is 1.32 bits per heavy atom. The van der Waals surface area contributed by atoms with Crippen molar-refractivity contribution in [3.8, 4) is 5.75 Å². The van der Waals surface area contributed by atoms with Crippen molar-refractivity contribution in [3.63, 3.8) is 0 Å². The second-order valence-electron chi connectivity index (χ2n) is 6.36.